The van der Waals surface area contributed by atoms with Crippen LogP contribution in [-0.4, -0.2) is 30.0 Å². The van der Waals surface area contributed by atoms with E-state index in [9.17, 15) is 4.79 Å². The number of nitrogens with zero attached hydrogens (tertiary/aromatic N) is 2. The molecule has 30 heavy (non-hydrogen) atoms. The molecule has 2 aromatic carbocycles. The lowest BCUT2D eigenvalue weighted by Crippen LogP contribution is -2.18. The number of thiazole rings is 1. The van der Waals surface area contributed by atoms with Crippen molar-refractivity contribution in [1.82, 2.24) is 15.3 Å². The molecule has 7 nitrogen and oxygen atoms in total. The molecule has 0 saturated carbocycles. The zero-order chi connectivity index (χ0) is 20.9. The molecule has 0 saturated heterocycles. The third-order valence-corrected chi connectivity index (χ3v) is 5.39. The summed E-state index contributed by atoms with van der Waals surface area (Å²) in [6.07, 6.45) is 1.55. The van der Waals surface area contributed by atoms with Crippen molar-refractivity contribution in [3.05, 3.63) is 72.1 Å². The number of hydrogen-bond donors (Lipinski definition) is 2. The minimum absolute atomic E-state index is 0.260. The highest BCUT2D eigenvalue weighted by Gasteiger charge is 2.09. The van der Waals surface area contributed by atoms with Gasteiger partial charge in [-0.15, -0.1) is 0 Å². The summed E-state index contributed by atoms with van der Waals surface area (Å²) in [5, 5.41) is 6.72. The van der Waals surface area contributed by atoms with Gasteiger partial charge in [0.25, 0.3) is 5.91 Å². The highest BCUT2D eigenvalue weighted by Crippen LogP contribution is 2.32. The standard InChI is InChI=1S/C22H20N4O3S/c1-23-21(27)18-11-16(9-10-24-18)29-15-7-8-17-20(12-15)30-22(26-17)25-13-14-5-3-4-6-19(14)28-2/h3-12H,13H2,1-2H3,(H,23,27)(H,25,26). The molecule has 0 aliphatic carbocycles. The van der Waals surface area contributed by atoms with Gasteiger partial charge in [-0.25, -0.2) is 4.98 Å². The molecule has 152 valence electrons. The molecule has 8 heteroatoms. The number of hydrogen-bond acceptors (Lipinski definition) is 7. The van der Waals surface area contributed by atoms with Crippen LogP contribution in [0, 0.1) is 0 Å². The van der Waals surface area contributed by atoms with Gasteiger partial charge in [-0.3, -0.25) is 9.78 Å². The lowest BCUT2D eigenvalue weighted by Gasteiger charge is -2.08. The number of carbonyl (C=O) groups is 1. The number of fused-ring (bicyclic) bond motifs is 1. The van der Waals surface area contributed by atoms with E-state index in [1.54, 1.807) is 43.8 Å². The molecule has 0 aliphatic rings. The van der Waals surface area contributed by atoms with E-state index < -0.39 is 0 Å². The first-order valence-corrected chi connectivity index (χ1v) is 10.1. The zero-order valence-electron chi connectivity index (χ0n) is 16.5. The van der Waals surface area contributed by atoms with Crippen molar-refractivity contribution < 1.29 is 14.3 Å². The molecule has 0 bridgehead atoms. The Morgan fingerprint density at radius 1 is 1.10 bits per heavy atom. The monoisotopic (exact) mass is 420 g/mol. The summed E-state index contributed by atoms with van der Waals surface area (Å²) in [4.78, 5) is 20.4. The van der Waals surface area contributed by atoms with E-state index >= 15 is 0 Å². The second-order valence-corrected chi connectivity index (χ2v) is 7.40. The number of rotatable bonds is 7. The van der Waals surface area contributed by atoms with Crippen molar-refractivity contribution in [2.24, 2.45) is 0 Å². The van der Waals surface area contributed by atoms with Crippen molar-refractivity contribution in [1.29, 1.82) is 0 Å². The molecule has 2 heterocycles. The predicted octanol–water partition coefficient (Wildman–Crippen LogP) is 4.46. The second-order valence-electron chi connectivity index (χ2n) is 6.37. The Morgan fingerprint density at radius 2 is 1.93 bits per heavy atom. The van der Waals surface area contributed by atoms with Crippen molar-refractivity contribution in [2.75, 3.05) is 19.5 Å². The van der Waals surface area contributed by atoms with Gasteiger partial charge in [0.05, 0.1) is 17.3 Å². The Balaban J connectivity index is 1.49. The molecule has 0 spiro atoms. The summed E-state index contributed by atoms with van der Waals surface area (Å²) in [5.41, 5.74) is 2.25. The fourth-order valence-corrected chi connectivity index (χ4v) is 3.82. The normalized spacial score (nSPS) is 10.6. The second kappa shape index (κ2) is 8.79. The smallest absolute Gasteiger partial charge is 0.269 e. The Bertz CT molecular complexity index is 1190. The first-order chi connectivity index (χ1) is 14.7. The summed E-state index contributed by atoms with van der Waals surface area (Å²) < 4.78 is 12.3. The molecule has 0 atom stereocenters. The molecule has 1 amide bonds. The molecule has 0 radical (unpaired) electrons. The average molecular weight is 420 g/mol. The van der Waals surface area contributed by atoms with Crippen molar-refractivity contribution in [2.45, 2.75) is 6.54 Å². The fraction of sp³-hybridized carbons (Fsp3) is 0.136. The minimum atomic E-state index is -0.260. The summed E-state index contributed by atoms with van der Waals surface area (Å²) in [7, 11) is 3.23. The quantitative estimate of drug-likeness (QED) is 0.459. The summed E-state index contributed by atoms with van der Waals surface area (Å²) in [5.74, 6) is 1.79. The summed E-state index contributed by atoms with van der Waals surface area (Å²) in [6, 6.07) is 16.9. The van der Waals surface area contributed by atoms with Crippen LogP contribution in [0.15, 0.2) is 60.8 Å². The van der Waals surface area contributed by atoms with Gasteiger partial charge in [0.1, 0.15) is 22.9 Å². The number of ether oxygens (including phenoxy) is 2. The van der Waals surface area contributed by atoms with E-state index in [-0.39, 0.29) is 5.91 Å². The molecule has 2 N–H and O–H groups in total. The van der Waals surface area contributed by atoms with Crippen LogP contribution in [-0.2, 0) is 6.54 Å². The lowest BCUT2D eigenvalue weighted by molar-refractivity contribution is 0.0958. The zero-order valence-corrected chi connectivity index (χ0v) is 17.3. The first kappa shape index (κ1) is 19.7. The van der Waals surface area contributed by atoms with Gasteiger partial charge in [-0.05, 0) is 24.3 Å². The molecule has 0 unspecified atom stereocenters. The minimum Gasteiger partial charge on any atom is -0.496 e. The van der Waals surface area contributed by atoms with E-state index in [0.29, 0.717) is 23.7 Å². The Hall–Kier alpha value is -3.65. The van der Waals surface area contributed by atoms with Crippen molar-refractivity contribution in [3.8, 4) is 17.2 Å². The van der Waals surface area contributed by atoms with E-state index in [4.69, 9.17) is 9.47 Å². The first-order valence-electron chi connectivity index (χ1n) is 9.28. The summed E-state index contributed by atoms with van der Waals surface area (Å²) in [6.45, 7) is 0.618. The van der Waals surface area contributed by atoms with E-state index in [1.165, 1.54) is 0 Å². The summed E-state index contributed by atoms with van der Waals surface area (Å²) >= 11 is 1.55. The van der Waals surface area contributed by atoms with Crippen LogP contribution in [0.4, 0.5) is 5.13 Å². The largest absolute Gasteiger partial charge is 0.496 e. The van der Waals surface area contributed by atoms with Crippen LogP contribution < -0.4 is 20.1 Å². The van der Waals surface area contributed by atoms with Crippen LogP contribution in [0.1, 0.15) is 16.1 Å². The van der Waals surface area contributed by atoms with E-state index in [2.05, 4.69) is 20.6 Å². The Labute approximate surface area is 177 Å². The van der Waals surface area contributed by atoms with E-state index in [0.717, 1.165) is 26.7 Å². The van der Waals surface area contributed by atoms with Crippen LogP contribution in [0.2, 0.25) is 0 Å². The lowest BCUT2D eigenvalue weighted by atomic mass is 10.2. The molecule has 4 aromatic rings. The molecule has 0 fully saturated rings. The van der Waals surface area contributed by atoms with Crippen molar-refractivity contribution >= 4 is 32.6 Å². The Morgan fingerprint density at radius 3 is 2.77 bits per heavy atom. The molecule has 4 rings (SSSR count). The maximum absolute atomic E-state index is 11.7. The van der Waals surface area contributed by atoms with Gasteiger partial charge in [-0.1, -0.05) is 29.5 Å². The predicted molar refractivity (Wildman–Crippen MR) is 118 cm³/mol. The third-order valence-electron chi connectivity index (χ3n) is 4.41. The van der Waals surface area contributed by atoms with Gasteiger partial charge in [0.2, 0.25) is 0 Å². The molecular formula is C22H20N4O3S. The van der Waals surface area contributed by atoms with Crippen LogP contribution >= 0.6 is 11.3 Å². The number of carbonyl (C=O) groups excluding carboxylic acids is 1. The maximum atomic E-state index is 11.7. The number of pyridine rings is 1. The van der Waals surface area contributed by atoms with E-state index in [1.807, 2.05) is 42.5 Å². The number of para-hydroxylation sites is 1. The third kappa shape index (κ3) is 4.33. The van der Waals surface area contributed by atoms with Gasteiger partial charge in [-0.2, -0.15) is 0 Å². The number of nitrogens with one attached hydrogen (secondary N) is 2. The number of amides is 1. The van der Waals surface area contributed by atoms with Gasteiger partial charge < -0.3 is 20.1 Å². The van der Waals surface area contributed by atoms with Gasteiger partial charge in [0, 0.05) is 37.5 Å². The number of aromatic nitrogens is 2. The molecule has 2 aromatic heterocycles. The molecule has 0 aliphatic heterocycles. The van der Waals surface area contributed by atoms with Gasteiger partial charge in [0.15, 0.2) is 5.13 Å². The maximum Gasteiger partial charge on any atom is 0.269 e. The topological polar surface area (TPSA) is 85.4 Å². The van der Waals surface area contributed by atoms with Crippen LogP contribution in [0.3, 0.4) is 0 Å². The number of methoxy groups -OCH3 is 1. The fourth-order valence-electron chi connectivity index (χ4n) is 2.93. The van der Waals surface area contributed by atoms with Gasteiger partial charge >= 0.3 is 0 Å². The van der Waals surface area contributed by atoms with Crippen LogP contribution in [0.25, 0.3) is 10.2 Å². The highest BCUT2D eigenvalue weighted by molar-refractivity contribution is 7.22. The highest BCUT2D eigenvalue weighted by atomic mass is 32.1. The Kier molecular flexibility index (Phi) is 5.76. The molecular weight excluding hydrogens is 400 g/mol. The number of anilines is 1. The number of benzene rings is 2. The SMILES string of the molecule is CNC(=O)c1cc(Oc2ccc3nc(NCc4ccccc4OC)sc3c2)ccn1. The van der Waals surface area contributed by atoms with Crippen LogP contribution in [0.5, 0.6) is 17.2 Å². The average Bonchev–Trinajstić information content (AvgIpc) is 3.19. The van der Waals surface area contributed by atoms with Crippen molar-refractivity contribution in [3.63, 3.8) is 0 Å².